The molecule has 1 aromatic heterocycles. The van der Waals surface area contributed by atoms with Crippen molar-refractivity contribution in [2.24, 2.45) is 0 Å². The van der Waals surface area contributed by atoms with E-state index >= 15 is 0 Å². The molecular weight excluding hydrogens is 448 g/mol. The minimum atomic E-state index is -3.81. The highest BCUT2D eigenvalue weighted by molar-refractivity contribution is 7.91. The molecule has 1 heterocycles. The van der Waals surface area contributed by atoms with Crippen LogP contribution in [0.15, 0.2) is 112 Å². The Morgan fingerprint density at radius 3 is 2.15 bits per heavy atom. The second-order valence-electron chi connectivity index (χ2n) is 7.79. The molecule has 0 amide bonds. The Morgan fingerprint density at radius 2 is 1.41 bits per heavy atom. The van der Waals surface area contributed by atoms with Gasteiger partial charge in [-0.2, -0.15) is 0 Å². The summed E-state index contributed by atoms with van der Waals surface area (Å²) >= 11 is 0. The zero-order valence-corrected chi connectivity index (χ0v) is 18.7. The van der Waals surface area contributed by atoms with Crippen LogP contribution < -0.4 is 17.0 Å². The number of aromatic nitrogens is 2. The van der Waals surface area contributed by atoms with Crippen LogP contribution in [0.4, 0.5) is 11.4 Å². The van der Waals surface area contributed by atoms with E-state index in [1.54, 1.807) is 54.6 Å². The molecule has 0 aliphatic heterocycles. The molecule has 0 unspecified atom stereocenters. The second-order valence-corrected chi connectivity index (χ2v) is 9.74. The maximum Gasteiger partial charge on any atom is 0.266 e. The fraction of sp³-hybridized carbons (Fsp3) is 0. The highest BCUT2D eigenvalue weighted by Gasteiger charge is 2.20. The van der Waals surface area contributed by atoms with E-state index in [0.29, 0.717) is 39.4 Å². The van der Waals surface area contributed by atoms with Gasteiger partial charge in [0.15, 0.2) is 0 Å². The number of fused-ring (bicyclic) bond motifs is 1. The second kappa shape index (κ2) is 8.17. The van der Waals surface area contributed by atoms with E-state index in [9.17, 15) is 13.2 Å². The van der Waals surface area contributed by atoms with Crippen molar-refractivity contribution in [2.75, 3.05) is 11.5 Å². The number of rotatable bonds is 4. The largest absolute Gasteiger partial charge is 0.399 e. The molecule has 0 atom stereocenters. The summed E-state index contributed by atoms with van der Waals surface area (Å²) in [6.07, 6.45) is 0. The van der Waals surface area contributed by atoms with Crippen LogP contribution in [0.1, 0.15) is 0 Å². The third kappa shape index (κ3) is 3.70. The normalized spacial score (nSPS) is 11.5. The molecule has 0 aliphatic rings. The van der Waals surface area contributed by atoms with E-state index in [4.69, 9.17) is 16.5 Å². The fourth-order valence-corrected chi connectivity index (χ4v) is 5.10. The highest BCUT2D eigenvalue weighted by Crippen LogP contribution is 2.28. The summed E-state index contributed by atoms with van der Waals surface area (Å²) in [5.74, 6) is 0.309. The van der Waals surface area contributed by atoms with Crippen LogP contribution in [0, 0.1) is 0 Å². The molecule has 0 saturated carbocycles. The lowest BCUT2D eigenvalue weighted by Crippen LogP contribution is -2.22. The monoisotopic (exact) mass is 468 g/mol. The number of nitrogens with zero attached hydrogens (tertiary/aromatic N) is 2. The van der Waals surface area contributed by atoms with Crippen molar-refractivity contribution < 1.29 is 8.42 Å². The first-order chi connectivity index (χ1) is 16.3. The number of nitrogens with two attached hydrogens (primary N) is 2. The first kappa shape index (κ1) is 21.4. The van der Waals surface area contributed by atoms with Crippen LogP contribution in [0.25, 0.3) is 28.0 Å². The number of sulfone groups is 1. The van der Waals surface area contributed by atoms with E-state index in [0.717, 1.165) is 0 Å². The summed E-state index contributed by atoms with van der Waals surface area (Å²) in [5, 5.41) is 0.410. The van der Waals surface area contributed by atoms with E-state index in [2.05, 4.69) is 0 Å². The molecule has 8 heteroatoms. The van der Waals surface area contributed by atoms with Gasteiger partial charge in [0.1, 0.15) is 5.82 Å². The molecule has 5 aromatic rings. The van der Waals surface area contributed by atoms with Crippen molar-refractivity contribution in [3.05, 3.63) is 107 Å². The Balaban J connectivity index is 1.77. The third-order valence-corrected chi connectivity index (χ3v) is 7.27. The summed E-state index contributed by atoms with van der Waals surface area (Å²) < 4.78 is 28.0. The average molecular weight is 469 g/mol. The Bertz CT molecular complexity index is 1690. The number of hydrogen-bond acceptors (Lipinski definition) is 6. The average Bonchev–Trinajstić information content (AvgIpc) is 2.84. The Kier molecular flexibility index (Phi) is 5.14. The van der Waals surface area contributed by atoms with Gasteiger partial charge in [0, 0.05) is 16.9 Å². The number of anilines is 2. The predicted molar refractivity (Wildman–Crippen MR) is 133 cm³/mol. The van der Waals surface area contributed by atoms with Crippen LogP contribution in [0.2, 0.25) is 0 Å². The molecule has 168 valence electrons. The van der Waals surface area contributed by atoms with E-state index in [1.165, 1.54) is 28.8 Å². The van der Waals surface area contributed by atoms with Gasteiger partial charge in [-0.15, -0.1) is 0 Å². The molecule has 0 fully saturated rings. The van der Waals surface area contributed by atoms with Crippen LogP contribution >= 0.6 is 0 Å². The van der Waals surface area contributed by atoms with Gasteiger partial charge in [-0.1, -0.05) is 30.3 Å². The van der Waals surface area contributed by atoms with E-state index in [1.807, 2.05) is 18.2 Å². The smallest absolute Gasteiger partial charge is 0.266 e. The van der Waals surface area contributed by atoms with Crippen LogP contribution in [0.3, 0.4) is 0 Å². The minimum Gasteiger partial charge on any atom is -0.399 e. The van der Waals surface area contributed by atoms with Gasteiger partial charge < -0.3 is 11.5 Å². The van der Waals surface area contributed by atoms with Gasteiger partial charge in [-0.3, -0.25) is 9.36 Å². The van der Waals surface area contributed by atoms with Gasteiger partial charge in [0.05, 0.1) is 26.4 Å². The zero-order chi connectivity index (χ0) is 23.9. The summed E-state index contributed by atoms with van der Waals surface area (Å²) in [6.45, 7) is 0. The molecule has 0 radical (unpaired) electrons. The van der Waals surface area contributed by atoms with Crippen LogP contribution in [-0.4, -0.2) is 18.0 Å². The number of hydrogen-bond donors (Lipinski definition) is 2. The topological polar surface area (TPSA) is 121 Å². The Labute approximate surface area is 195 Å². The van der Waals surface area contributed by atoms with Gasteiger partial charge in [-0.05, 0) is 66.7 Å². The van der Waals surface area contributed by atoms with Gasteiger partial charge >= 0.3 is 0 Å². The van der Waals surface area contributed by atoms with Crippen LogP contribution in [0.5, 0.6) is 0 Å². The summed E-state index contributed by atoms with van der Waals surface area (Å²) in [7, 11) is -3.81. The maximum atomic E-state index is 13.5. The first-order valence-electron chi connectivity index (χ1n) is 10.4. The van der Waals surface area contributed by atoms with Crippen molar-refractivity contribution in [1.82, 2.24) is 9.55 Å². The standard InChI is InChI=1S/C26H20N4O3S/c27-18-9-12-21(13-10-18)34(32,33)22-8-4-5-17(15-22)25-29-24-16-19(28)11-14-23(24)26(31)30(25)20-6-2-1-3-7-20/h1-16H,27-28H2. The molecule has 34 heavy (non-hydrogen) atoms. The number of para-hydroxylation sites is 1. The molecule has 0 aliphatic carbocycles. The summed E-state index contributed by atoms with van der Waals surface area (Å²) in [4.78, 5) is 18.4. The minimum absolute atomic E-state index is 0.0799. The first-order valence-corrected chi connectivity index (χ1v) is 11.9. The lowest BCUT2D eigenvalue weighted by molar-refractivity contribution is 0.596. The zero-order valence-electron chi connectivity index (χ0n) is 17.9. The SMILES string of the molecule is Nc1ccc(S(=O)(=O)c2cccc(-c3nc4cc(N)ccc4c(=O)n3-c3ccccc3)c2)cc1. The Hall–Kier alpha value is -4.43. The third-order valence-electron chi connectivity index (χ3n) is 5.50. The Morgan fingerprint density at radius 1 is 0.706 bits per heavy atom. The van der Waals surface area contributed by atoms with Gasteiger partial charge in [0.2, 0.25) is 9.84 Å². The van der Waals surface area contributed by atoms with E-state index in [-0.39, 0.29) is 15.4 Å². The molecule has 0 saturated heterocycles. The van der Waals surface area contributed by atoms with Crippen molar-refractivity contribution in [1.29, 1.82) is 0 Å². The van der Waals surface area contributed by atoms with Gasteiger partial charge in [0.25, 0.3) is 5.56 Å². The molecule has 0 bridgehead atoms. The molecule has 7 nitrogen and oxygen atoms in total. The predicted octanol–water partition coefficient (Wildman–Crippen LogP) is 4.05. The molecule has 4 N–H and O–H groups in total. The maximum absolute atomic E-state index is 13.5. The molecule has 5 rings (SSSR count). The van der Waals surface area contributed by atoms with Crippen LogP contribution in [-0.2, 0) is 9.84 Å². The molecule has 4 aromatic carbocycles. The van der Waals surface area contributed by atoms with Crippen molar-refractivity contribution >= 4 is 32.1 Å². The fourth-order valence-electron chi connectivity index (χ4n) is 3.80. The number of nitrogen functional groups attached to an aromatic ring is 2. The van der Waals surface area contributed by atoms with Crippen molar-refractivity contribution in [2.45, 2.75) is 9.79 Å². The highest BCUT2D eigenvalue weighted by atomic mass is 32.2. The van der Waals surface area contributed by atoms with E-state index < -0.39 is 9.84 Å². The lowest BCUT2D eigenvalue weighted by Gasteiger charge is -2.15. The summed E-state index contributed by atoms with van der Waals surface area (Å²) in [5.41, 5.74) is 13.8. The van der Waals surface area contributed by atoms with Crippen molar-refractivity contribution in [3.63, 3.8) is 0 Å². The quantitative estimate of drug-likeness (QED) is 0.384. The molecule has 0 spiro atoms. The summed E-state index contributed by atoms with van der Waals surface area (Å²) in [6, 6.07) is 26.4. The number of benzene rings is 4. The van der Waals surface area contributed by atoms with Gasteiger partial charge in [-0.25, -0.2) is 13.4 Å². The lowest BCUT2D eigenvalue weighted by atomic mass is 10.1. The van der Waals surface area contributed by atoms with Crippen molar-refractivity contribution in [3.8, 4) is 17.1 Å². The molecular formula is C26H20N4O3S.